The zero-order valence-corrected chi connectivity index (χ0v) is 10.4. The van der Waals surface area contributed by atoms with Crippen LogP contribution in [-0.4, -0.2) is 23.0 Å². The summed E-state index contributed by atoms with van der Waals surface area (Å²) in [7, 11) is 0. The monoisotopic (exact) mass is 195 g/mol. The Bertz CT molecular complexity index is 214. The molecule has 14 heavy (non-hydrogen) atoms. The Kier molecular flexibility index (Phi) is 2.42. The molecule has 0 N–H and O–H groups in total. The standard InChI is InChI=1S/C13H25N/c1-9(2)12-10-6-7-11(12)14(8-10)13(3,4)5/h9-12H,6-8H2,1-5H3. The summed E-state index contributed by atoms with van der Waals surface area (Å²) in [6.45, 7) is 13.3. The van der Waals surface area contributed by atoms with Gasteiger partial charge < -0.3 is 0 Å². The Labute approximate surface area is 88.9 Å². The summed E-state index contributed by atoms with van der Waals surface area (Å²) < 4.78 is 0. The van der Waals surface area contributed by atoms with Crippen LogP contribution in [0.5, 0.6) is 0 Å². The number of rotatable bonds is 1. The second kappa shape index (κ2) is 3.23. The van der Waals surface area contributed by atoms with E-state index in [-0.39, 0.29) is 0 Å². The molecule has 1 aliphatic carbocycles. The number of likely N-dealkylation sites (tertiary alicyclic amines) is 1. The third kappa shape index (κ3) is 1.50. The molecule has 1 nitrogen and oxygen atoms in total. The molecule has 0 aromatic rings. The van der Waals surface area contributed by atoms with Crippen LogP contribution in [-0.2, 0) is 0 Å². The molecule has 2 bridgehead atoms. The molecule has 2 rings (SSSR count). The molecule has 0 aromatic heterocycles. The molecule has 2 aliphatic rings. The number of fused-ring (bicyclic) bond motifs is 2. The highest BCUT2D eigenvalue weighted by Gasteiger charge is 2.50. The summed E-state index contributed by atoms with van der Waals surface area (Å²) >= 11 is 0. The van der Waals surface area contributed by atoms with Crippen molar-refractivity contribution in [3.05, 3.63) is 0 Å². The Morgan fingerprint density at radius 3 is 2.14 bits per heavy atom. The van der Waals surface area contributed by atoms with Gasteiger partial charge in [0.1, 0.15) is 0 Å². The first-order valence-electron chi connectivity index (χ1n) is 6.18. The topological polar surface area (TPSA) is 3.24 Å². The Morgan fingerprint density at radius 1 is 1.14 bits per heavy atom. The lowest BCUT2D eigenvalue weighted by Crippen LogP contribution is -2.47. The van der Waals surface area contributed by atoms with Crippen LogP contribution >= 0.6 is 0 Å². The summed E-state index contributed by atoms with van der Waals surface area (Å²) in [5.41, 5.74) is 0.382. The predicted molar refractivity (Wildman–Crippen MR) is 61.3 cm³/mol. The molecule has 0 aromatic carbocycles. The van der Waals surface area contributed by atoms with Crippen molar-refractivity contribution >= 4 is 0 Å². The number of hydrogen-bond donors (Lipinski definition) is 0. The van der Waals surface area contributed by atoms with Crippen molar-refractivity contribution in [3.8, 4) is 0 Å². The fourth-order valence-electron chi connectivity index (χ4n) is 3.81. The van der Waals surface area contributed by atoms with Crippen molar-refractivity contribution in [1.29, 1.82) is 0 Å². The minimum absolute atomic E-state index is 0.382. The fourth-order valence-corrected chi connectivity index (χ4v) is 3.81. The molecule has 1 saturated carbocycles. The van der Waals surface area contributed by atoms with Crippen molar-refractivity contribution in [2.75, 3.05) is 6.54 Å². The van der Waals surface area contributed by atoms with Crippen LogP contribution in [0.25, 0.3) is 0 Å². The largest absolute Gasteiger partial charge is 0.295 e. The van der Waals surface area contributed by atoms with E-state index in [1.54, 1.807) is 0 Å². The smallest absolute Gasteiger partial charge is 0.0134 e. The minimum Gasteiger partial charge on any atom is -0.295 e. The molecule has 3 unspecified atom stereocenters. The number of piperidine rings is 1. The van der Waals surface area contributed by atoms with Crippen molar-refractivity contribution in [3.63, 3.8) is 0 Å². The van der Waals surface area contributed by atoms with Crippen molar-refractivity contribution in [1.82, 2.24) is 4.90 Å². The molecule has 1 heterocycles. The van der Waals surface area contributed by atoms with Gasteiger partial charge in [0.05, 0.1) is 0 Å². The van der Waals surface area contributed by atoms with Gasteiger partial charge in [-0.3, -0.25) is 4.90 Å². The molecule has 2 fully saturated rings. The van der Waals surface area contributed by atoms with Crippen molar-refractivity contribution < 1.29 is 0 Å². The molecule has 0 radical (unpaired) electrons. The summed E-state index contributed by atoms with van der Waals surface area (Å²) in [6, 6.07) is 0.889. The maximum atomic E-state index is 2.76. The zero-order valence-electron chi connectivity index (χ0n) is 10.4. The van der Waals surface area contributed by atoms with E-state index >= 15 is 0 Å². The Balaban J connectivity index is 2.15. The van der Waals surface area contributed by atoms with Crippen LogP contribution in [0.15, 0.2) is 0 Å². The van der Waals surface area contributed by atoms with Crippen LogP contribution in [0.2, 0.25) is 0 Å². The van der Waals surface area contributed by atoms with E-state index in [0.717, 1.165) is 23.8 Å². The average molecular weight is 195 g/mol. The van der Waals surface area contributed by atoms with Gasteiger partial charge in [-0.05, 0) is 51.4 Å². The lowest BCUT2D eigenvalue weighted by atomic mass is 9.87. The number of hydrogen-bond acceptors (Lipinski definition) is 1. The highest BCUT2D eigenvalue weighted by Crippen LogP contribution is 2.48. The molecule has 3 atom stereocenters. The third-order valence-electron chi connectivity index (χ3n) is 4.28. The van der Waals surface area contributed by atoms with Crippen LogP contribution in [0.1, 0.15) is 47.5 Å². The van der Waals surface area contributed by atoms with E-state index in [1.165, 1.54) is 19.4 Å². The highest BCUT2D eigenvalue weighted by molar-refractivity contribution is 5.03. The van der Waals surface area contributed by atoms with E-state index in [4.69, 9.17) is 0 Å². The van der Waals surface area contributed by atoms with Gasteiger partial charge in [-0.15, -0.1) is 0 Å². The molecule has 0 amide bonds. The summed E-state index contributed by atoms with van der Waals surface area (Å²) in [6.07, 6.45) is 2.94. The lowest BCUT2D eigenvalue weighted by Gasteiger charge is -2.39. The van der Waals surface area contributed by atoms with Gasteiger partial charge in [-0.25, -0.2) is 0 Å². The van der Waals surface area contributed by atoms with E-state index in [2.05, 4.69) is 39.5 Å². The molecular weight excluding hydrogens is 170 g/mol. The zero-order chi connectivity index (χ0) is 10.5. The summed E-state index contributed by atoms with van der Waals surface area (Å²) in [4.78, 5) is 2.76. The van der Waals surface area contributed by atoms with Crippen molar-refractivity contribution in [2.24, 2.45) is 17.8 Å². The maximum absolute atomic E-state index is 2.76. The first-order valence-corrected chi connectivity index (χ1v) is 6.18. The van der Waals surface area contributed by atoms with E-state index in [1.807, 2.05) is 0 Å². The number of nitrogens with zero attached hydrogens (tertiary/aromatic N) is 1. The normalized spacial score (nSPS) is 38.6. The van der Waals surface area contributed by atoms with Gasteiger partial charge in [0, 0.05) is 18.1 Å². The van der Waals surface area contributed by atoms with Crippen LogP contribution in [0, 0.1) is 17.8 Å². The SMILES string of the molecule is CC(C)C1C2CCC1N(C(C)(C)C)C2. The van der Waals surface area contributed by atoms with Gasteiger partial charge >= 0.3 is 0 Å². The molecule has 1 aliphatic heterocycles. The Morgan fingerprint density at radius 2 is 1.79 bits per heavy atom. The second-order valence-electron chi connectivity index (χ2n) is 6.55. The lowest BCUT2D eigenvalue weighted by molar-refractivity contribution is 0.0880. The van der Waals surface area contributed by atoms with Crippen LogP contribution in [0.3, 0.4) is 0 Å². The molecule has 82 valence electrons. The fraction of sp³-hybridized carbons (Fsp3) is 1.00. The van der Waals surface area contributed by atoms with Gasteiger partial charge in [0.15, 0.2) is 0 Å². The first-order chi connectivity index (χ1) is 6.41. The van der Waals surface area contributed by atoms with Crippen LogP contribution < -0.4 is 0 Å². The van der Waals surface area contributed by atoms with E-state index in [9.17, 15) is 0 Å². The highest BCUT2D eigenvalue weighted by atomic mass is 15.3. The second-order valence-corrected chi connectivity index (χ2v) is 6.55. The maximum Gasteiger partial charge on any atom is 0.0134 e. The average Bonchev–Trinajstić information content (AvgIpc) is 2.57. The third-order valence-corrected chi connectivity index (χ3v) is 4.28. The van der Waals surface area contributed by atoms with Gasteiger partial charge in [-0.1, -0.05) is 13.8 Å². The van der Waals surface area contributed by atoms with Gasteiger partial charge in [0.25, 0.3) is 0 Å². The van der Waals surface area contributed by atoms with Crippen molar-refractivity contribution in [2.45, 2.75) is 59.0 Å². The van der Waals surface area contributed by atoms with E-state index in [0.29, 0.717) is 5.54 Å². The van der Waals surface area contributed by atoms with Gasteiger partial charge in [0.2, 0.25) is 0 Å². The summed E-state index contributed by atoms with van der Waals surface area (Å²) in [5, 5.41) is 0. The predicted octanol–water partition coefficient (Wildman–Crippen LogP) is 3.15. The first kappa shape index (κ1) is 10.5. The van der Waals surface area contributed by atoms with Crippen LogP contribution in [0.4, 0.5) is 0 Å². The Hall–Kier alpha value is -0.0400. The molecular formula is C13H25N. The molecule has 0 spiro atoms. The minimum atomic E-state index is 0.382. The summed E-state index contributed by atoms with van der Waals surface area (Å²) in [5.74, 6) is 2.85. The molecule has 1 saturated heterocycles. The quantitative estimate of drug-likeness (QED) is 0.621. The van der Waals surface area contributed by atoms with Gasteiger partial charge in [-0.2, -0.15) is 0 Å². The molecule has 1 heteroatoms. The van der Waals surface area contributed by atoms with E-state index < -0.39 is 0 Å².